The van der Waals surface area contributed by atoms with Crippen molar-refractivity contribution in [2.24, 2.45) is 11.7 Å². The maximum Gasteiger partial charge on any atom is 0.125 e. The van der Waals surface area contributed by atoms with Crippen LogP contribution in [0.5, 0.6) is 0 Å². The van der Waals surface area contributed by atoms with Crippen molar-refractivity contribution in [3.63, 3.8) is 0 Å². The van der Waals surface area contributed by atoms with Crippen LogP contribution in [0.15, 0.2) is 24.3 Å². The first-order valence-corrected chi connectivity index (χ1v) is 7.06. The third kappa shape index (κ3) is 3.45. The number of anilines is 1. The quantitative estimate of drug-likeness (QED) is 0.889. The number of ether oxygens (including phenoxy) is 1. The van der Waals surface area contributed by atoms with Gasteiger partial charge in [-0.25, -0.2) is 4.39 Å². The minimum absolute atomic E-state index is 0.202. The topological polar surface area (TPSA) is 38.5 Å². The Morgan fingerprint density at radius 2 is 2.37 bits per heavy atom. The largest absolute Gasteiger partial charge is 0.381 e. The third-order valence-electron chi connectivity index (χ3n) is 3.86. The Balaban J connectivity index is 2.17. The molecule has 0 spiro atoms. The smallest absolute Gasteiger partial charge is 0.125 e. The molecule has 2 rings (SSSR count). The lowest BCUT2D eigenvalue weighted by molar-refractivity contribution is 0.0448. The number of nitrogens with two attached hydrogens (primary N) is 1. The zero-order chi connectivity index (χ0) is 13.7. The van der Waals surface area contributed by atoms with Crippen molar-refractivity contribution in [1.29, 1.82) is 0 Å². The van der Waals surface area contributed by atoms with Gasteiger partial charge in [-0.2, -0.15) is 0 Å². The number of likely N-dealkylation sites (N-methyl/N-ethyl adjacent to an activating group) is 1. The van der Waals surface area contributed by atoms with Gasteiger partial charge in [0.05, 0.1) is 6.61 Å². The maximum atomic E-state index is 13.4. The van der Waals surface area contributed by atoms with Gasteiger partial charge in [0.25, 0.3) is 0 Å². The molecular formula is C15H23FN2O. The van der Waals surface area contributed by atoms with Crippen molar-refractivity contribution in [1.82, 2.24) is 0 Å². The molecule has 2 atom stereocenters. The fraction of sp³-hybridized carbons (Fsp3) is 0.600. The third-order valence-corrected chi connectivity index (χ3v) is 3.86. The molecule has 0 radical (unpaired) electrons. The van der Waals surface area contributed by atoms with Crippen molar-refractivity contribution in [2.75, 3.05) is 31.2 Å². The average Bonchev–Trinajstić information content (AvgIpc) is 2.45. The molecule has 106 valence electrons. The van der Waals surface area contributed by atoms with Crippen molar-refractivity contribution in [3.8, 4) is 0 Å². The molecule has 0 aliphatic carbocycles. The summed E-state index contributed by atoms with van der Waals surface area (Å²) in [5.74, 6) is 0.230. The van der Waals surface area contributed by atoms with Crippen molar-refractivity contribution >= 4 is 5.69 Å². The van der Waals surface area contributed by atoms with E-state index in [4.69, 9.17) is 10.5 Å². The highest BCUT2D eigenvalue weighted by Crippen LogP contribution is 2.26. The van der Waals surface area contributed by atoms with Gasteiger partial charge in [0.15, 0.2) is 0 Å². The zero-order valence-electron chi connectivity index (χ0n) is 11.5. The summed E-state index contributed by atoms with van der Waals surface area (Å²) < 4.78 is 19.0. The van der Waals surface area contributed by atoms with E-state index in [2.05, 4.69) is 11.8 Å². The van der Waals surface area contributed by atoms with E-state index >= 15 is 0 Å². The van der Waals surface area contributed by atoms with Crippen LogP contribution >= 0.6 is 0 Å². The molecule has 1 aromatic carbocycles. The molecule has 1 saturated heterocycles. The fourth-order valence-corrected chi connectivity index (χ4v) is 2.91. The molecule has 2 unspecified atom stereocenters. The fourth-order valence-electron chi connectivity index (χ4n) is 2.91. The van der Waals surface area contributed by atoms with Gasteiger partial charge >= 0.3 is 0 Å². The van der Waals surface area contributed by atoms with E-state index in [1.54, 1.807) is 12.1 Å². The lowest BCUT2D eigenvalue weighted by atomic mass is 9.92. The summed E-state index contributed by atoms with van der Waals surface area (Å²) in [4.78, 5) is 2.20. The number of nitrogens with zero attached hydrogens (tertiary/aromatic N) is 1. The Kier molecular flexibility index (Phi) is 5.16. The molecular weight excluding hydrogens is 243 g/mol. The van der Waals surface area contributed by atoms with E-state index < -0.39 is 0 Å². The van der Waals surface area contributed by atoms with Crippen LogP contribution in [0.2, 0.25) is 0 Å². The Labute approximate surface area is 114 Å². The molecule has 19 heavy (non-hydrogen) atoms. The van der Waals surface area contributed by atoms with Gasteiger partial charge in [0.1, 0.15) is 5.82 Å². The standard InChI is InChI=1S/C15H23FN2O/c1-2-18(14-7-3-6-13(16)9-14)15(10-17)12-5-4-8-19-11-12/h3,6-7,9,12,15H,2,4-5,8,10-11,17H2,1H3. The van der Waals surface area contributed by atoms with Crippen LogP contribution in [0.1, 0.15) is 19.8 Å². The summed E-state index contributed by atoms with van der Waals surface area (Å²) in [6.07, 6.45) is 2.22. The Morgan fingerprint density at radius 3 is 2.95 bits per heavy atom. The Hall–Kier alpha value is -1.13. The highest BCUT2D eigenvalue weighted by Gasteiger charge is 2.28. The lowest BCUT2D eigenvalue weighted by Crippen LogP contribution is -2.48. The SMILES string of the molecule is CCN(c1cccc(F)c1)C(CN)C1CCCOC1. The van der Waals surface area contributed by atoms with Crippen LogP contribution in [-0.2, 0) is 4.74 Å². The lowest BCUT2D eigenvalue weighted by Gasteiger charge is -2.39. The summed E-state index contributed by atoms with van der Waals surface area (Å²) in [7, 11) is 0. The molecule has 1 fully saturated rings. The normalized spacial score (nSPS) is 21.1. The molecule has 3 nitrogen and oxygen atoms in total. The number of hydrogen-bond acceptors (Lipinski definition) is 3. The molecule has 1 aliphatic rings. The molecule has 1 heterocycles. The predicted octanol–water partition coefficient (Wildman–Crippen LogP) is 2.41. The van der Waals surface area contributed by atoms with Crippen LogP contribution in [0, 0.1) is 11.7 Å². The first-order valence-electron chi connectivity index (χ1n) is 7.06. The van der Waals surface area contributed by atoms with E-state index in [1.807, 2.05) is 6.07 Å². The monoisotopic (exact) mass is 266 g/mol. The summed E-state index contributed by atoms with van der Waals surface area (Å²) in [5, 5.41) is 0. The van der Waals surface area contributed by atoms with E-state index in [1.165, 1.54) is 6.07 Å². The highest BCUT2D eigenvalue weighted by molar-refractivity contribution is 5.47. The second-order valence-electron chi connectivity index (χ2n) is 5.05. The maximum absolute atomic E-state index is 13.4. The molecule has 1 aromatic rings. The van der Waals surface area contributed by atoms with Crippen LogP contribution < -0.4 is 10.6 Å². The average molecular weight is 266 g/mol. The molecule has 0 aromatic heterocycles. The minimum Gasteiger partial charge on any atom is -0.381 e. The van der Waals surface area contributed by atoms with Gasteiger partial charge in [-0.05, 0) is 38.0 Å². The summed E-state index contributed by atoms with van der Waals surface area (Å²) >= 11 is 0. The van der Waals surface area contributed by atoms with E-state index in [-0.39, 0.29) is 11.9 Å². The molecule has 1 aliphatic heterocycles. The van der Waals surface area contributed by atoms with Crippen LogP contribution in [0.4, 0.5) is 10.1 Å². The molecule has 2 N–H and O–H groups in total. The van der Waals surface area contributed by atoms with Crippen LogP contribution in [0.3, 0.4) is 0 Å². The van der Waals surface area contributed by atoms with Gasteiger partial charge in [-0.3, -0.25) is 0 Å². The minimum atomic E-state index is -0.202. The second kappa shape index (κ2) is 6.87. The molecule has 0 bridgehead atoms. The zero-order valence-corrected chi connectivity index (χ0v) is 11.5. The first-order chi connectivity index (χ1) is 9.26. The predicted molar refractivity (Wildman–Crippen MR) is 75.8 cm³/mol. The van der Waals surface area contributed by atoms with Crippen LogP contribution in [0.25, 0.3) is 0 Å². The van der Waals surface area contributed by atoms with Crippen molar-refractivity contribution in [3.05, 3.63) is 30.1 Å². The summed E-state index contributed by atoms with van der Waals surface area (Å²) in [5.41, 5.74) is 6.87. The number of rotatable bonds is 5. The summed E-state index contributed by atoms with van der Waals surface area (Å²) in [6, 6.07) is 6.96. The van der Waals surface area contributed by atoms with Gasteiger partial charge in [-0.1, -0.05) is 6.07 Å². The van der Waals surface area contributed by atoms with Crippen molar-refractivity contribution < 1.29 is 9.13 Å². The Morgan fingerprint density at radius 1 is 1.53 bits per heavy atom. The molecule has 0 saturated carbocycles. The highest BCUT2D eigenvalue weighted by atomic mass is 19.1. The number of hydrogen-bond donors (Lipinski definition) is 1. The van der Waals surface area contributed by atoms with Gasteiger partial charge in [0.2, 0.25) is 0 Å². The number of benzene rings is 1. The van der Waals surface area contributed by atoms with E-state index in [9.17, 15) is 4.39 Å². The van der Waals surface area contributed by atoms with Gasteiger partial charge < -0.3 is 15.4 Å². The molecule has 0 amide bonds. The molecule has 4 heteroatoms. The Bertz CT molecular complexity index is 393. The summed E-state index contributed by atoms with van der Waals surface area (Å²) in [6.45, 7) is 5.07. The van der Waals surface area contributed by atoms with Crippen LogP contribution in [-0.4, -0.2) is 32.3 Å². The van der Waals surface area contributed by atoms with E-state index in [0.29, 0.717) is 12.5 Å². The van der Waals surface area contributed by atoms with Gasteiger partial charge in [0, 0.05) is 37.3 Å². The van der Waals surface area contributed by atoms with Gasteiger partial charge in [-0.15, -0.1) is 0 Å². The second-order valence-corrected chi connectivity index (χ2v) is 5.05. The van der Waals surface area contributed by atoms with Crippen molar-refractivity contribution in [2.45, 2.75) is 25.8 Å². The first kappa shape index (κ1) is 14.3. The van der Waals surface area contributed by atoms with E-state index in [0.717, 1.165) is 38.3 Å². The number of halogens is 1.